The number of nitrogens with zero attached hydrogens (tertiary/aromatic N) is 1. The number of nitrogens with one attached hydrogen (secondary N) is 1. The Morgan fingerprint density at radius 1 is 1.35 bits per heavy atom. The van der Waals surface area contributed by atoms with Crippen LogP contribution < -0.4 is 5.32 Å². The molecule has 0 saturated carbocycles. The summed E-state index contributed by atoms with van der Waals surface area (Å²) in [6.07, 6.45) is 2.96. The minimum atomic E-state index is 0.0698. The van der Waals surface area contributed by atoms with Crippen molar-refractivity contribution in [2.24, 2.45) is 5.92 Å². The van der Waals surface area contributed by atoms with Crippen molar-refractivity contribution in [2.45, 2.75) is 19.3 Å². The predicted octanol–water partition coefficient (Wildman–Crippen LogP) is 3.51. The summed E-state index contributed by atoms with van der Waals surface area (Å²) in [6.45, 7) is 3.17. The van der Waals surface area contributed by atoms with Gasteiger partial charge in [-0.3, -0.25) is 0 Å². The van der Waals surface area contributed by atoms with Crippen molar-refractivity contribution >= 4 is 27.5 Å². The summed E-state index contributed by atoms with van der Waals surface area (Å²) in [7, 11) is 1.74. The summed E-state index contributed by atoms with van der Waals surface area (Å²) in [5.41, 5.74) is 1.32. The van der Waals surface area contributed by atoms with Crippen molar-refractivity contribution < 1.29 is 9.53 Å². The largest absolute Gasteiger partial charge is 0.384 e. The Kier molecular flexibility index (Phi) is 5.51. The molecule has 2 amide bonds. The van der Waals surface area contributed by atoms with Crippen LogP contribution in [0.4, 0.5) is 4.79 Å². The van der Waals surface area contributed by atoms with Crippen LogP contribution >= 0.6 is 11.3 Å². The van der Waals surface area contributed by atoms with Gasteiger partial charge in [0.25, 0.3) is 0 Å². The fourth-order valence-corrected chi connectivity index (χ4v) is 4.18. The number of hydrogen-bond donors (Lipinski definition) is 1. The topological polar surface area (TPSA) is 41.6 Å². The van der Waals surface area contributed by atoms with Crippen LogP contribution in [0.25, 0.3) is 10.1 Å². The van der Waals surface area contributed by atoms with E-state index >= 15 is 0 Å². The van der Waals surface area contributed by atoms with Crippen LogP contribution in [0.1, 0.15) is 18.4 Å². The van der Waals surface area contributed by atoms with Crippen LogP contribution in [0, 0.1) is 5.92 Å². The van der Waals surface area contributed by atoms with Crippen molar-refractivity contribution in [3.05, 3.63) is 35.2 Å². The van der Waals surface area contributed by atoms with Crippen molar-refractivity contribution in [3.63, 3.8) is 0 Å². The number of thiophene rings is 1. The number of rotatable bonds is 5. The number of piperidine rings is 1. The number of likely N-dealkylation sites (tertiary alicyclic amines) is 1. The highest BCUT2D eigenvalue weighted by atomic mass is 32.1. The molecular weight excluding hydrogens is 308 g/mol. The van der Waals surface area contributed by atoms with Crippen LogP contribution in [0.3, 0.4) is 0 Å². The smallest absolute Gasteiger partial charge is 0.317 e. The first-order valence-corrected chi connectivity index (χ1v) is 9.12. The summed E-state index contributed by atoms with van der Waals surface area (Å²) in [6, 6.07) is 8.51. The second-order valence-electron chi connectivity index (χ2n) is 6.12. The summed E-state index contributed by atoms with van der Waals surface area (Å²) < 4.78 is 6.51. The van der Waals surface area contributed by atoms with E-state index in [4.69, 9.17) is 4.74 Å². The molecule has 0 atom stereocenters. The Labute approximate surface area is 141 Å². The van der Waals surface area contributed by atoms with Crippen molar-refractivity contribution in [3.8, 4) is 0 Å². The third kappa shape index (κ3) is 4.03. The lowest BCUT2D eigenvalue weighted by Crippen LogP contribution is -2.45. The van der Waals surface area contributed by atoms with E-state index in [9.17, 15) is 4.79 Å². The molecule has 0 aliphatic carbocycles. The lowest BCUT2D eigenvalue weighted by atomic mass is 9.98. The molecule has 0 spiro atoms. The molecule has 1 aliphatic rings. The highest BCUT2D eigenvalue weighted by Crippen LogP contribution is 2.25. The Morgan fingerprint density at radius 2 is 2.13 bits per heavy atom. The van der Waals surface area contributed by atoms with E-state index in [-0.39, 0.29) is 6.03 Å². The molecule has 1 saturated heterocycles. The van der Waals surface area contributed by atoms with Gasteiger partial charge in [-0.15, -0.1) is 11.3 Å². The van der Waals surface area contributed by atoms with Gasteiger partial charge in [-0.1, -0.05) is 18.2 Å². The summed E-state index contributed by atoms with van der Waals surface area (Å²) in [5.74, 6) is 0.598. The Bertz CT molecular complexity index is 647. The number of methoxy groups -OCH3 is 1. The van der Waals surface area contributed by atoms with E-state index in [2.05, 4.69) is 35.0 Å². The normalized spacial score (nSPS) is 16.0. The van der Waals surface area contributed by atoms with Crippen LogP contribution in [0.5, 0.6) is 0 Å². The first-order valence-electron chi connectivity index (χ1n) is 8.24. The Balaban J connectivity index is 1.45. The van der Waals surface area contributed by atoms with Gasteiger partial charge in [-0.2, -0.15) is 0 Å². The van der Waals surface area contributed by atoms with Crippen molar-refractivity contribution in [2.75, 3.05) is 33.4 Å². The molecule has 4 nitrogen and oxygen atoms in total. The van der Waals surface area contributed by atoms with Crippen molar-refractivity contribution in [1.82, 2.24) is 10.2 Å². The number of urea groups is 1. The van der Waals surface area contributed by atoms with Gasteiger partial charge in [0.15, 0.2) is 0 Å². The first-order chi connectivity index (χ1) is 11.3. The highest BCUT2D eigenvalue weighted by Gasteiger charge is 2.22. The molecule has 1 fully saturated rings. The second-order valence-corrected chi connectivity index (χ2v) is 7.04. The first kappa shape index (κ1) is 16.3. The molecule has 1 N–H and O–H groups in total. The zero-order chi connectivity index (χ0) is 16.1. The second kappa shape index (κ2) is 7.79. The van der Waals surface area contributed by atoms with E-state index in [1.54, 1.807) is 18.4 Å². The molecule has 0 bridgehead atoms. The van der Waals surface area contributed by atoms with Gasteiger partial charge in [0.05, 0.1) is 0 Å². The highest BCUT2D eigenvalue weighted by molar-refractivity contribution is 7.17. The van der Waals surface area contributed by atoms with E-state index in [1.807, 2.05) is 4.90 Å². The van der Waals surface area contributed by atoms with E-state index in [0.717, 1.165) is 39.0 Å². The molecule has 1 aromatic carbocycles. The molecule has 124 valence electrons. The predicted molar refractivity (Wildman–Crippen MR) is 95.1 cm³/mol. The minimum absolute atomic E-state index is 0.0698. The third-order valence-corrected chi connectivity index (χ3v) is 5.55. The maximum atomic E-state index is 12.2. The van der Waals surface area contributed by atoms with Crippen molar-refractivity contribution in [1.29, 1.82) is 0 Å². The quantitative estimate of drug-likeness (QED) is 0.910. The van der Waals surface area contributed by atoms with Gasteiger partial charge in [-0.25, -0.2) is 4.79 Å². The number of benzene rings is 1. The Hall–Kier alpha value is -1.59. The Morgan fingerprint density at radius 3 is 2.91 bits per heavy atom. The molecule has 5 heteroatoms. The van der Waals surface area contributed by atoms with E-state index in [0.29, 0.717) is 12.5 Å². The fraction of sp³-hybridized carbons (Fsp3) is 0.500. The lowest BCUT2D eigenvalue weighted by Gasteiger charge is -2.31. The maximum Gasteiger partial charge on any atom is 0.317 e. The molecule has 0 radical (unpaired) electrons. The molecule has 3 rings (SSSR count). The fourth-order valence-electron chi connectivity index (χ4n) is 3.18. The van der Waals surface area contributed by atoms with Crippen LogP contribution in [0.2, 0.25) is 0 Å². The number of amides is 2. The number of carbonyl (C=O) groups excluding carboxylic acids is 1. The number of carbonyl (C=O) groups is 1. The molecule has 1 aromatic heterocycles. The molecular formula is C18H24N2O2S. The summed E-state index contributed by atoms with van der Waals surface area (Å²) in [4.78, 5) is 14.2. The molecule has 23 heavy (non-hydrogen) atoms. The zero-order valence-electron chi connectivity index (χ0n) is 13.6. The van der Waals surface area contributed by atoms with E-state index in [1.165, 1.54) is 15.6 Å². The van der Waals surface area contributed by atoms with Gasteiger partial charge < -0.3 is 15.0 Å². The van der Waals surface area contributed by atoms with E-state index < -0.39 is 0 Å². The summed E-state index contributed by atoms with van der Waals surface area (Å²) in [5, 5.41) is 6.58. The molecule has 1 aliphatic heterocycles. The average molecular weight is 332 g/mol. The SMILES string of the molecule is COCC1CCN(C(=O)NCCc2csc3ccccc23)CC1. The number of fused-ring (bicyclic) bond motifs is 1. The van der Waals surface area contributed by atoms with Crippen LogP contribution in [-0.4, -0.2) is 44.3 Å². The van der Waals surface area contributed by atoms with Gasteiger partial charge >= 0.3 is 6.03 Å². The monoisotopic (exact) mass is 332 g/mol. The average Bonchev–Trinajstić information content (AvgIpc) is 2.99. The van der Waals surface area contributed by atoms with Crippen LogP contribution in [-0.2, 0) is 11.2 Å². The van der Waals surface area contributed by atoms with Gasteiger partial charge in [0, 0.05) is 38.1 Å². The van der Waals surface area contributed by atoms with Gasteiger partial charge in [-0.05, 0) is 47.6 Å². The number of hydrogen-bond acceptors (Lipinski definition) is 3. The van der Waals surface area contributed by atoms with Crippen LogP contribution in [0.15, 0.2) is 29.6 Å². The zero-order valence-corrected chi connectivity index (χ0v) is 14.4. The molecule has 0 unspecified atom stereocenters. The summed E-state index contributed by atoms with van der Waals surface area (Å²) >= 11 is 1.77. The maximum absolute atomic E-state index is 12.2. The minimum Gasteiger partial charge on any atom is -0.384 e. The standard InChI is InChI=1S/C18H24N2O2S/c1-22-12-14-7-10-20(11-8-14)18(21)19-9-6-15-13-23-17-5-3-2-4-16(15)17/h2-5,13-14H,6-12H2,1H3,(H,19,21). The lowest BCUT2D eigenvalue weighted by molar-refractivity contribution is 0.107. The third-order valence-electron chi connectivity index (χ3n) is 4.54. The number of ether oxygens (including phenoxy) is 1. The van der Waals surface area contributed by atoms with Gasteiger partial charge in [0.1, 0.15) is 0 Å². The molecule has 2 aromatic rings. The van der Waals surface area contributed by atoms with Gasteiger partial charge in [0.2, 0.25) is 0 Å². The molecule has 2 heterocycles.